The summed E-state index contributed by atoms with van der Waals surface area (Å²) in [6, 6.07) is 1.84. The van der Waals surface area contributed by atoms with Gasteiger partial charge in [-0.2, -0.15) is 14.6 Å². The largest absolute Gasteiger partial charge is 0.347 e. The van der Waals surface area contributed by atoms with Crippen molar-refractivity contribution in [2.75, 3.05) is 25.5 Å². The van der Waals surface area contributed by atoms with E-state index in [1.807, 2.05) is 13.0 Å². The molecule has 0 radical (unpaired) electrons. The van der Waals surface area contributed by atoms with Crippen LogP contribution in [-0.4, -0.2) is 57.1 Å². The molecule has 2 aromatic rings. The highest BCUT2D eigenvalue weighted by atomic mass is 16.2. The molecule has 0 aromatic carbocycles. The van der Waals surface area contributed by atoms with E-state index >= 15 is 0 Å². The summed E-state index contributed by atoms with van der Waals surface area (Å²) in [6.45, 7) is 2.78. The molecule has 0 saturated carbocycles. The summed E-state index contributed by atoms with van der Waals surface area (Å²) in [5.41, 5.74) is 0.878. The van der Waals surface area contributed by atoms with Gasteiger partial charge < -0.3 is 9.80 Å². The number of likely N-dealkylation sites (N-methyl/N-ethyl adjacent to an activating group) is 1. The Balaban J connectivity index is 2.05. The number of rotatable bonds is 2. The van der Waals surface area contributed by atoms with Gasteiger partial charge in [0.2, 0.25) is 5.91 Å². The first-order chi connectivity index (χ1) is 9.58. The van der Waals surface area contributed by atoms with Crippen LogP contribution in [0.4, 0.5) is 5.82 Å². The Hall–Kier alpha value is -2.18. The zero-order valence-electron chi connectivity index (χ0n) is 11.9. The minimum atomic E-state index is -0.126. The van der Waals surface area contributed by atoms with E-state index in [0.717, 1.165) is 30.9 Å². The van der Waals surface area contributed by atoms with E-state index < -0.39 is 0 Å². The average Bonchev–Trinajstić information content (AvgIpc) is 3.04. The van der Waals surface area contributed by atoms with E-state index in [-0.39, 0.29) is 11.9 Å². The molecule has 1 atom stereocenters. The summed E-state index contributed by atoms with van der Waals surface area (Å²) in [4.78, 5) is 24.5. The topological polar surface area (TPSA) is 66.6 Å². The van der Waals surface area contributed by atoms with Crippen molar-refractivity contribution in [2.24, 2.45) is 0 Å². The molecule has 1 saturated heterocycles. The van der Waals surface area contributed by atoms with Gasteiger partial charge in [0.15, 0.2) is 0 Å². The molecule has 3 rings (SSSR count). The maximum absolute atomic E-state index is 12.3. The average molecular weight is 274 g/mol. The van der Waals surface area contributed by atoms with Crippen LogP contribution in [0, 0.1) is 6.92 Å². The van der Waals surface area contributed by atoms with Crippen LogP contribution in [0.2, 0.25) is 0 Å². The van der Waals surface area contributed by atoms with E-state index in [1.54, 1.807) is 23.5 Å². The number of aryl methyl sites for hydroxylation is 1. The van der Waals surface area contributed by atoms with Crippen LogP contribution >= 0.6 is 0 Å². The van der Waals surface area contributed by atoms with Crippen molar-refractivity contribution < 1.29 is 4.79 Å². The summed E-state index contributed by atoms with van der Waals surface area (Å²) in [7, 11) is 3.59. The van der Waals surface area contributed by atoms with Gasteiger partial charge in [0.25, 0.3) is 5.78 Å². The van der Waals surface area contributed by atoms with Gasteiger partial charge in [-0.15, -0.1) is 0 Å². The van der Waals surface area contributed by atoms with Gasteiger partial charge in [0.05, 0.1) is 0 Å². The number of hydrogen-bond donors (Lipinski definition) is 0. The molecule has 0 N–H and O–H groups in total. The summed E-state index contributed by atoms with van der Waals surface area (Å²) < 4.78 is 1.70. The number of amides is 1. The van der Waals surface area contributed by atoms with E-state index in [9.17, 15) is 4.79 Å². The Morgan fingerprint density at radius 2 is 2.25 bits per heavy atom. The molecule has 0 unspecified atom stereocenters. The summed E-state index contributed by atoms with van der Waals surface area (Å²) >= 11 is 0. The summed E-state index contributed by atoms with van der Waals surface area (Å²) in [5.74, 6) is 1.59. The molecular formula is C13H18N6O. The Bertz CT molecular complexity index is 649. The van der Waals surface area contributed by atoms with Gasteiger partial charge in [-0.3, -0.25) is 4.79 Å². The predicted molar refractivity (Wildman–Crippen MR) is 74.6 cm³/mol. The lowest BCUT2D eigenvalue weighted by Crippen LogP contribution is -2.43. The third-order valence-corrected chi connectivity index (χ3v) is 3.63. The zero-order chi connectivity index (χ0) is 14.3. The first kappa shape index (κ1) is 12.8. The van der Waals surface area contributed by atoms with Crippen molar-refractivity contribution in [3.63, 3.8) is 0 Å². The lowest BCUT2D eigenvalue weighted by atomic mass is 10.2. The first-order valence-electron chi connectivity index (χ1n) is 6.73. The second kappa shape index (κ2) is 4.73. The Morgan fingerprint density at radius 1 is 1.45 bits per heavy atom. The van der Waals surface area contributed by atoms with Crippen molar-refractivity contribution in [1.29, 1.82) is 0 Å². The number of hydrogen-bond acceptors (Lipinski definition) is 5. The van der Waals surface area contributed by atoms with E-state index in [1.165, 1.54) is 6.33 Å². The molecule has 3 heterocycles. The second-order valence-electron chi connectivity index (χ2n) is 5.31. The van der Waals surface area contributed by atoms with Crippen LogP contribution in [0.3, 0.4) is 0 Å². The Labute approximate surface area is 117 Å². The SMILES string of the molecule is Cc1cc(N2CCC[C@H]2C(=O)N(C)C)n2ncnc2n1. The Kier molecular flexibility index (Phi) is 3.04. The minimum absolute atomic E-state index is 0.126. The maximum atomic E-state index is 12.3. The smallest absolute Gasteiger partial charge is 0.254 e. The third-order valence-electron chi connectivity index (χ3n) is 3.63. The van der Waals surface area contributed by atoms with Gasteiger partial charge in [0.1, 0.15) is 18.2 Å². The third kappa shape index (κ3) is 1.99. The van der Waals surface area contributed by atoms with Crippen LogP contribution in [0.5, 0.6) is 0 Å². The van der Waals surface area contributed by atoms with E-state index in [4.69, 9.17) is 0 Å². The fraction of sp³-hybridized carbons (Fsp3) is 0.538. The molecular weight excluding hydrogens is 256 g/mol. The van der Waals surface area contributed by atoms with Crippen LogP contribution in [0.15, 0.2) is 12.4 Å². The highest BCUT2D eigenvalue weighted by Crippen LogP contribution is 2.26. The lowest BCUT2D eigenvalue weighted by Gasteiger charge is -2.28. The van der Waals surface area contributed by atoms with Crippen molar-refractivity contribution in [1.82, 2.24) is 24.5 Å². The number of nitrogens with zero attached hydrogens (tertiary/aromatic N) is 6. The van der Waals surface area contributed by atoms with Crippen LogP contribution in [0.25, 0.3) is 5.78 Å². The molecule has 0 spiro atoms. The number of anilines is 1. The highest BCUT2D eigenvalue weighted by Gasteiger charge is 2.33. The van der Waals surface area contributed by atoms with E-state index in [0.29, 0.717) is 5.78 Å². The zero-order valence-corrected chi connectivity index (χ0v) is 11.9. The van der Waals surface area contributed by atoms with Gasteiger partial charge in [-0.05, 0) is 19.8 Å². The molecule has 106 valence electrons. The fourth-order valence-corrected chi connectivity index (χ4v) is 2.71. The Morgan fingerprint density at radius 3 is 3.00 bits per heavy atom. The quantitative estimate of drug-likeness (QED) is 0.797. The molecule has 2 aromatic heterocycles. The molecule has 0 bridgehead atoms. The summed E-state index contributed by atoms with van der Waals surface area (Å²) in [5, 5.41) is 4.22. The second-order valence-corrected chi connectivity index (χ2v) is 5.31. The van der Waals surface area contributed by atoms with Crippen molar-refractivity contribution >= 4 is 17.5 Å². The standard InChI is InChI=1S/C13H18N6O/c1-9-7-11(19-13(16-9)14-8-15-19)18-6-4-5-10(18)12(20)17(2)3/h7-8,10H,4-6H2,1-3H3/t10-/m0/s1. The molecule has 7 heteroatoms. The number of aromatic nitrogens is 4. The van der Waals surface area contributed by atoms with Crippen molar-refractivity contribution in [2.45, 2.75) is 25.8 Å². The first-order valence-corrected chi connectivity index (χ1v) is 6.73. The monoisotopic (exact) mass is 274 g/mol. The van der Waals surface area contributed by atoms with Crippen LogP contribution in [0.1, 0.15) is 18.5 Å². The normalized spacial score (nSPS) is 18.8. The van der Waals surface area contributed by atoms with Gasteiger partial charge in [0, 0.05) is 32.4 Å². The van der Waals surface area contributed by atoms with Gasteiger partial charge in [-0.1, -0.05) is 0 Å². The van der Waals surface area contributed by atoms with Crippen LogP contribution in [-0.2, 0) is 4.79 Å². The number of fused-ring (bicyclic) bond motifs is 1. The summed E-state index contributed by atoms with van der Waals surface area (Å²) in [6.07, 6.45) is 3.36. The maximum Gasteiger partial charge on any atom is 0.254 e. The number of carbonyl (C=O) groups excluding carboxylic acids is 1. The molecule has 1 amide bonds. The van der Waals surface area contributed by atoms with E-state index in [2.05, 4.69) is 20.0 Å². The van der Waals surface area contributed by atoms with Gasteiger partial charge >= 0.3 is 0 Å². The predicted octanol–water partition coefficient (Wildman–Crippen LogP) is 0.490. The van der Waals surface area contributed by atoms with Gasteiger partial charge in [-0.25, -0.2) is 4.98 Å². The number of carbonyl (C=O) groups is 1. The van der Waals surface area contributed by atoms with Crippen molar-refractivity contribution in [3.05, 3.63) is 18.1 Å². The van der Waals surface area contributed by atoms with Crippen LogP contribution < -0.4 is 4.90 Å². The fourth-order valence-electron chi connectivity index (χ4n) is 2.71. The molecule has 0 aliphatic carbocycles. The lowest BCUT2D eigenvalue weighted by molar-refractivity contribution is -0.129. The molecule has 20 heavy (non-hydrogen) atoms. The molecule has 1 aliphatic heterocycles. The van der Waals surface area contributed by atoms with Crippen molar-refractivity contribution in [3.8, 4) is 0 Å². The molecule has 1 fully saturated rings. The molecule has 1 aliphatic rings. The highest BCUT2D eigenvalue weighted by molar-refractivity contribution is 5.85. The molecule has 7 nitrogen and oxygen atoms in total. The minimum Gasteiger partial charge on any atom is -0.347 e.